The van der Waals surface area contributed by atoms with E-state index in [0.717, 1.165) is 10.9 Å². The first-order chi connectivity index (χ1) is 9.13. The molecule has 1 aromatic heterocycles. The second kappa shape index (κ2) is 6.02. The van der Waals surface area contributed by atoms with Crippen molar-refractivity contribution in [2.24, 2.45) is 0 Å². The molecule has 100 valence electrons. The van der Waals surface area contributed by atoms with Gasteiger partial charge in [-0.25, -0.2) is 0 Å². The molecule has 0 N–H and O–H groups in total. The molecular formula is C15H17ClN2O. The first-order valence-corrected chi connectivity index (χ1v) is 6.88. The average molecular weight is 277 g/mol. The molecule has 0 bridgehead atoms. The van der Waals surface area contributed by atoms with Crippen molar-refractivity contribution >= 4 is 28.4 Å². The predicted octanol–water partition coefficient (Wildman–Crippen LogP) is 3.32. The number of carbonyl (C=O) groups is 1. The largest absolute Gasteiger partial charge is 0.335 e. The van der Waals surface area contributed by atoms with Crippen LogP contribution in [0.15, 0.2) is 36.5 Å². The molecule has 2 rings (SSSR count). The predicted molar refractivity (Wildman–Crippen MR) is 78.6 cm³/mol. The van der Waals surface area contributed by atoms with Gasteiger partial charge in [-0.3, -0.25) is 9.78 Å². The van der Waals surface area contributed by atoms with E-state index in [1.54, 1.807) is 11.1 Å². The topological polar surface area (TPSA) is 33.2 Å². The van der Waals surface area contributed by atoms with E-state index in [0.29, 0.717) is 18.0 Å². The van der Waals surface area contributed by atoms with Crippen LogP contribution in [0.5, 0.6) is 0 Å². The van der Waals surface area contributed by atoms with Crippen LogP contribution in [0.1, 0.15) is 24.2 Å². The number of benzene rings is 1. The van der Waals surface area contributed by atoms with E-state index >= 15 is 0 Å². The monoisotopic (exact) mass is 276 g/mol. The third kappa shape index (κ3) is 3.04. The number of hydrogen-bond acceptors (Lipinski definition) is 2. The zero-order chi connectivity index (χ0) is 13.8. The molecule has 0 fully saturated rings. The lowest BCUT2D eigenvalue weighted by molar-refractivity contribution is 0.0718. The van der Waals surface area contributed by atoms with E-state index < -0.39 is 0 Å². The van der Waals surface area contributed by atoms with Crippen LogP contribution in [0.3, 0.4) is 0 Å². The van der Waals surface area contributed by atoms with E-state index in [1.165, 1.54) is 0 Å². The summed E-state index contributed by atoms with van der Waals surface area (Å²) in [6.45, 7) is 4.54. The van der Waals surface area contributed by atoms with Crippen LogP contribution in [0.4, 0.5) is 0 Å². The number of rotatable bonds is 4. The molecule has 0 atom stereocenters. The molecule has 3 nitrogen and oxygen atoms in total. The Hall–Kier alpha value is -1.61. The van der Waals surface area contributed by atoms with Gasteiger partial charge in [-0.05, 0) is 38.1 Å². The molecule has 1 aromatic carbocycles. The number of nitrogens with zero attached hydrogens (tertiary/aromatic N) is 2. The van der Waals surface area contributed by atoms with Gasteiger partial charge >= 0.3 is 0 Å². The molecule has 1 heterocycles. The standard InChI is InChI=1S/C15H17ClN2O/c1-11(2)18(9-7-16)15(19)13-5-6-14-12(10-13)4-3-8-17-14/h3-6,8,10-11H,7,9H2,1-2H3. The first kappa shape index (κ1) is 13.8. The van der Waals surface area contributed by atoms with Crippen LogP contribution in [-0.2, 0) is 0 Å². The number of alkyl halides is 1. The van der Waals surface area contributed by atoms with Crippen LogP contribution in [0.25, 0.3) is 10.9 Å². The molecule has 0 spiro atoms. The fourth-order valence-corrected chi connectivity index (χ4v) is 2.24. The summed E-state index contributed by atoms with van der Waals surface area (Å²) in [5, 5.41) is 0.975. The fraction of sp³-hybridized carbons (Fsp3) is 0.333. The summed E-state index contributed by atoms with van der Waals surface area (Å²) in [5.74, 6) is 0.459. The van der Waals surface area contributed by atoms with Crippen molar-refractivity contribution in [3.8, 4) is 0 Å². The maximum Gasteiger partial charge on any atom is 0.254 e. The van der Waals surface area contributed by atoms with E-state index in [9.17, 15) is 4.79 Å². The molecule has 0 aliphatic rings. The first-order valence-electron chi connectivity index (χ1n) is 6.35. The zero-order valence-corrected chi connectivity index (χ0v) is 11.9. The second-order valence-electron chi connectivity index (χ2n) is 4.69. The van der Waals surface area contributed by atoms with Gasteiger partial charge in [0, 0.05) is 35.6 Å². The van der Waals surface area contributed by atoms with Crippen molar-refractivity contribution < 1.29 is 4.79 Å². The maximum atomic E-state index is 12.5. The van der Waals surface area contributed by atoms with E-state index in [4.69, 9.17) is 11.6 Å². The highest BCUT2D eigenvalue weighted by atomic mass is 35.5. The lowest BCUT2D eigenvalue weighted by atomic mass is 10.1. The Morgan fingerprint density at radius 3 is 2.84 bits per heavy atom. The molecular weight excluding hydrogens is 260 g/mol. The number of aromatic nitrogens is 1. The fourth-order valence-electron chi connectivity index (χ4n) is 2.06. The second-order valence-corrected chi connectivity index (χ2v) is 5.07. The summed E-state index contributed by atoms with van der Waals surface area (Å²) in [6.07, 6.45) is 1.75. The van der Waals surface area contributed by atoms with Gasteiger partial charge in [-0.2, -0.15) is 0 Å². The highest BCUT2D eigenvalue weighted by Gasteiger charge is 2.18. The number of fused-ring (bicyclic) bond motifs is 1. The Labute approximate surface area is 118 Å². The minimum Gasteiger partial charge on any atom is -0.335 e. The summed E-state index contributed by atoms with van der Waals surface area (Å²) < 4.78 is 0. The quantitative estimate of drug-likeness (QED) is 0.803. The van der Waals surface area contributed by atoms with Crippen molar-refractivity contribution in [2.75, 3.05) is 12.4 Å². The van der Waals surface area contributed by atoms with Crippen molar-refractivity contribution in [3.63, 3.8) is 0 Å². The van der Waals surface area contributed by atoms with Gasteiger partial charge in [-0.1, -0.05) is 6.07 Å². The van der Waals surface area contributed by atoms with Gasteiger partial charge in [0.15, 0.2) is 0 Å². The smallest absolute Gasteiger partial charge is 0.254 e. The van der Waals surface area contributed by atoms with Gasteiger partial charge in [0.05, 0.1) is 5.52 Å². The Balaban J connectivity index is 2.34. The molecule has 0 saturated heterocycles. The van der Waals surface area contributed by atoms with Crippen LogP contribution in [-0.4, -0.2) is 34.3 Å². The average Bonchev–Trinajstić information content (AvgIpc) is 2.43. The molecule has 0 aliphatic carbocycles. The minimum absolute atomic E-state index is 0.0152. The SMILES string of the molecule is CC(C)N(CCCl)C(=O)c1ccc2ncccc2c1. The number of amides is 1. The van der Waals surface area contributed by atoms with Gasteiger partial charge in [-0.15, -0.1) is 11.6 Å². The number of pyridine rings is 1. The molecule has 0 saturated carbocycles. The summed E-state index contributed by atoms with van der Waals surface area (Å²) in [7, 11) is 0. The van der Waals surface area contributed by atoms with Gasteiger partial charge in [0.25, 0.3) is 5.91 Å². The third-order valence-electron chi connectivity index (χ3n) is 3.06. The van der Waals surface area contributed by atoms with Gasteiger partial charge in [0.2, 0.25) is 0 Å². The highest BCUT2D eigenvalue weighted by molar-refractivity contribution is 6.18. The Morgan fingerprint density at radius 2 is 2.16 bits per heavy atom. The molecule has 1 amide bonds. The summed E-state index contributed by atoms with van der Waals surface area (Å²) in [5.41, 5.74) is 1.58. The van der Waals surface area contributed by atoms with E-state index in [1.807, 2.05) is 44.2 Å². The summed E-state index contributed by atoms with van der Waals surface area (Å²) in [6, 6.07) is 9.55. The Morgan fingerprint density at radius 1 is 1.37 bits per heavy atom. The van der Waals surface area contributed by atoms with Crippen LogP contribution in [0, 0.1) is 0 Å². The number of carbonyl (C=O) groups excluding carboxylic acids is 1. The van der Waals surface area contributed by atoms with Crippen LogP contribution in [0.2, 0.25) is 0 Å². The minimum atomic E-state index is 0.0152. The molecule has 19 heavy (non-hydrogen) atoms. The van der Waals surface area contributed by atoms with Crippen molar-refractivity contribution in [2.45, 2.75) is 19.9 Å². The maximum absolute atomic E-state index is 12.5. The van der Waals surface area contributed by atoms with Gasteiger partial charge in [0.1, 0.15) is 0 Å². The Kier molecular flexibility index (Phi) is 4.38. The Bertz CT molecular complexity index is 583. The summed E-state index contributed by atoms with van der Waals surface area (Å²) >= 11 is 5.76. The van der Waals surface area contributed by atoms with Crippen LogP contribution < -0.4 is 0 Å². The summed E-state index contributed by atoms with van der Waals surface area (Å²) in [4.78, 5) is 18.5. The van der Waals surface area contributed by atoms with Crippen molar-refractivity contribution in [3.05, 3.63) is 42.1 Å². The lowest BCUT2D eigenvalue weighted by Crippen LogP contribution is -2.38. The number of hydrogen-bond donors (Lipinski definition) is 0. The van der Waals surface area contributed by atoms with Crippen molar-refractivity contribution in [1.29, 1.82) is 0 Å². The number of halogens is 1. The molecule has 0 aliphatic heterocycles. The van der Waals surface area contributed by atoms with Gasteiger partial charge < -0.3 is 4.90 Å². The van der Waals surface area contributed by atoms with E-state index in [2.05, 4.69) is 4.98 Å². The lowest BCUT2D eigenvalue weighted by Gasteiger charge is -2.26. The zero-order valence-electron chi connectivity index (χ0n) is 11.1. The molecule has 2 aromatic rings. The third-order valence-corrected chi connectivity index (χ3v) is 3.23. The molecule has 0 unspecified atom stereocenters. The normalized spacial score (nSPS) is 10.9. The highest BCUT2D eigenvalue weighted by Crippen LogP contribution is 2.16. The molecule has 0 radical (unpaired) electrons. The molecule has 4 heteroatoms. The van der Waals surface area contributed by atoms with Crippen LogP contribution >= 0.6 is 11.6 Å². The van der Waals surface area contributed by atoms with Crippen molar-refractivity contribution in [1.82, 2.24) is 9.88 Å². The van der Waals surface area contributed by atoms with E-state index in [-0.39, 0.29) is 11.9 Å².